The molecule has 174 valence electrons. The number of para-hydroxylation sites is 1. The number of nitrogens with one attached hydrogen (secondary N) is 2. The first-order valence-electron chi connectivity index (χ1n) is 11.1. The summed E-state index contributed by atoms with van der Waals surface area (Å²) in [6.45, 7) is 3.19. The first kappa shape index (κ1) is 23.3. The van der Waals surface area contributed by atoms with Crippen molar-refractivity contribution in [1.82, 2.24) is 10.2 Å². The highest BCUT2D eigenvalue weighted by molar-refractivity contribution is 6.00. The zero-order valence-electron chi connectivity index (χ0n) is 18.5. The van der Waals surface area contributed by atoms with Gasteiger partial charge in [0, 0.05) is 36.3 Å². The van der Waals surface area contributed by atoms with Gasteiger partial charge in [0.1, 0.15) is 12.2 Å². The normalized spacial score (nSPS) is 21.4. The molecule has 7 nitrogen and oxygen atoms in total. The molecule has 33 heavy (non-hydrogen) atoms. The summed E-state index contributed by atoms with van der Waals surface area (Å²) in [5.41, 5.74) is 3.09. The van der Waals surface area contributed by atoms with Crippen LogP contribution in [0.15, 0.2) is 52.9 Å². The van der Waals surface area contributed by atoms with Gasteiger partial charge in [-0.15, -0.1) is 12.4 Å². The van der Waals surface area contributed by atoms with Crippen molar-refractivity contribution in [2.75, 3.05) is 38.7 Å². The van der Waals surface area contributed by atoms with Crippen LogP contribution in [0.25, 0.3) is 22.1 Å². The van der Waals surface area contributed by atoms with Crippen molar-refractivity contribution in [3.05, 3.63) is 54.3 Å². The molecule has 3 aliphatic rings. The summed E-state index contributed by atoms with van der Waals surface area (Å²) in [7, 11) is 1.48. The summed E-state index contributed by atoms with van der Waals surface area (Å²) in [6, 6.07) is 15.4. The third-order valence-electron chi connectivity index (χ3n) is 6.47. The van der Waals surface area contributed by atoms with Crippen molar-refractivity contribution in [1.29, 1.82) is 0 Å². The number of carbonyl (C=O) groups excluding carboxylic acids is 2. The fraction of sp³-hybridized carbons (Fsp3) is 0.360. The summed E-state index contributed by atoms with van der Waals surface area (Å²) < 4.78 is 10.9. The van der Waals surface area contributed by atoms with Crippen LogP contribution in [0.4, 0.5) is 5.69 Å². The molecule has 0 saturated carbocycles. The monoisotopic (exact) mass is 469 g/mol. The van der Waals surface area contributed by atoms with Crippen molar-refractivity contribution in [2.45, 2.75) is 18.9 Å². The van der Waals surface area contributed by atoms with Crippen LogP contribution >= 0.6 is 12.4 Å². The van der Waals surface area contributed by atoms with Crippen LogP contribution in [0.5, 0.6) is 0 Å². The van der Waals surface area contributed by atoms with E-state index in [2.05, 4.69) is 15.5 Å². The van der Waals surface area contributed by atoms with Gasteiger partial charge in [-0.2, -0.15) is 0 Å². The van der Waals surface area contributed by atoms with Crippen LogP contribution in [0, 0.1) is 5.92 Å². The standard InChI is InChI=1S/C25H27N3O4.ClH/c1-31-15-23(29)26-19-6-2-4-17(12-19)20-7-3-5-18-13-22(32-24(18)20)25(30)27-21-14-28-10-8-16(21)9-11-28;/h2-7,12-13,16,21H,8-11,14-15H2,1H3,(H,26,29)(H,27,30);1H/t21-;/m0./s1. The van der Waals surface area contributed by atoms with E-state index in [9.17, 15) is 9.59 Å². The zero-order chi connectivity index (χ0) is 22.1. The Kier molecular flexibility index (Phi) is 7.02. The maximum Gasteiger partial charge on any atom is 0.287 e. The Hall–Kier alpha value is -2.87. The molecule has 3 fully saturated rings. The number of benzene rings is 2. The van der Waals surface area contributed by atoms with E-state index in [4.69, 9.17) is 9.15 Å². The molecule has 0 aliphatic carbocycles. The fourth-order valence-corrected chi connectivity index (χ4v) is 4.86. The van der Waals surface area contributed by atoms with Gasteiger partial charge in [0.25, 0.3) is 5.91 Å². The Bertz CT molecular complexity index is 1150. The number of halogens is 1. The molecule has 2 bridgehead atoms. The van der Waals surface area contributed by atoms with Crippen LogP contribution in [-0.2, 0) is 9.53 Å². The summed E-state index contributed by atoms with van der Waals surface area (Å²) >= 11 is 0. The van der Waals surface area contributed by atoms with E-state index in [0.29, 0.717) is 22.9 Å². The number of carbonyl (C=O) groups is 2. The van der Waals surface area contributed by atoms with Gasteiger partial charge in [-0.05, 0) is 55.6 Å². The summed E-state index contributed by atoms with van der Waals surface area (Å²) in [6.07, 6.45) is 2.29. The number of nitrogens with zero attached hydrogens (tertiary/aromatic N) is 1. The van der Waals surface area contributed by atoms with Crippen LogP contribution in [-0.4, -0.2) is 56.1 Å². The molecule has 3 saturated heterocycles. The number of rotatable bonds is 6. The third kappa shape index (κ3) is 4.90. The van der Waals surface area contributed by atoms with E-state index in [-0.39, 0.29) is 36.9 Å². The number of methoxy groups -OCH3 is 1. The Labute approximate surface area is 198 Å². The average molecular weight is 470 g/mol. The first-order valence-corrected chi connectivity index (χ1v) is 11.1. The predicted molar refractivity (Wildman–Crippen MR) is 130 cm³/mol. The van der Waals surface area contributed by atoms with Crippen LogP contribution in [0.1, 0.15) is 23.4 Å². The quantitative estimate of drug-likeness (QED) is 0.571. The van der Waals surface area contributed by atoms with Crippen molar-refractivity contribution >= 4 is 40.9 Å². The first-order chi connectivity index (χ1) is 15.6. The molecule has 0 spiro atoms. The van der Waals surface area contributed by atoms with Crippen molar-refractivity contribution in [3.63, 3.8) is 0 Å². The number of fused-ring (bicyclic) bond motifs is 4. The molecule has 2 N–H and O–H groups in total. The minimum absolute atomic E-state index is 0. The van der Waals surface area contributed by atoms with Crippen LogP contribution in [0.3, 0.4) is 0 Å². The van der Waals surface area contributed by atoms with E-state index >= 15 is 0 Å². The molecule has 1 atom stereocenters. The average Bonchev–Trinajstić information content (AvgIpc) is 3.25. The van der Waals surface area contributed by atoms with E-state index in [1.165, 1.54) is 7.11 Å². The molecule has 4 heterocycles. The second-order valence-electron chi connectivity index (χ2n) is 8.61. The summed E-state index contributed by atoms with van der Waals surface area (Å²) in [5, 5.41) is 6.89. The molecule has 3 aromatic rings. The lowest BCUT2D eigenvalue weighted by atomic mass is 9.84. The molecule has 1 aromatic heterocycles. The number of anilines is 1. The minimum Gasteiger partial charge on any atom is -0.450 e. The molecular formula is C25H28ClN3O4. The molecule has 3 aliphatic heterocycles. The summed E-state index contributed by atoms with van der Waals surface area (Å²) in [4.78, 5) is 27.2. The molecular weight excluding hydrogens is 442 g/mol. The van der Waals surface area contributed by atoms with Crippen molar-refractivity contribution < 1.29 is 18.7 Å². The number of furan rings is 1. The van der Waals surface area contributed by atoms with Crippen LogP contribution in [0.2, 0.25) is 0 Å². The van der Waals surface area contributed by atoms with Gasteiger partial charge in [0.05, 0.1) is 0 Å². The van der Waals surface area contributed by atoms with E-state index < -0.39 is 0 Å². The Balaban J connectivity index is 0.00000259. The molecule has 2 amide bonds. The van der Waals surface area contributed by atoms with Gasteiger partial charge in [0.15, 0.2) is 5.76 Å². The number of amides is 2. The third-order valence-corrected chi connectivity index (χ3v) is 6.47. The maximum atomic E-state index is 13.0. The highest BCUT2D eigenvalue weighted by Crippen LogP contribution is 2.33. The van der Waals surface area contributed by atoms with E-state index in [1.807, 2.05) is 42.5 Å². The molecule has 0 unspecified atom stereocenters. The zero-order valence-corrected chi connectivity index (χ0v) is 19.3. The maximum absolute atomic E-state index is 13.0. The second-order valence-corrected chi connectivity index (χ2v) is 8.61. The number of piperidine rings is 3. The van der Waals surface area contributed by atoms with Gasteiger partial charge < -0.3 is 24.7 Å². The van der Waals surface area contributed by atoms with Crippen molar-refractivity contribution in [2.24, 2.45) is 5.92 Å². The second kappa shape index (κ2) is 9.95. The van der Waals surface area contributed by atoms with E-state index in [0.717, 1.165) is 49.0 Å². The Morgan fingerprint density at radius 1 is 1.12 bits per heavy atom. The lowest BCUT2D eigenvalue weighted by molar-refractivity contribution is -0.119. The lowest BCUT2D eigenvalue weighted by Crippen LogP contribution is -2.57. The lowest BCUT2D eigenvalue weighted by Gasteiger charge is -2.44. The highest BCUT2D eigenvalue weighted by Gasteiger charge is 2.35. The Morgan fingerprint density at radius 3 is 2.64 bits per heavy atom. The minimum atomic E-state index is -0.215. The predicted octanol–water partition coefficient (Wildman–Crippen LogP) is 3.93. The number of ether oxygens (including phenoxy) is 1. The van der Waals surface area contributed by atoms with Gasteiger partial charge in [-0.25, -0.2) is 0 Å². The Morgan fingerprint density at radius 2 is 1.91 bits per heavy atom. The number of hydrogen-bond donors (Lipinski definition) is 2. The van der Waals surface area contributed by atoms with Gasteiger partial charge in [-0.3, -0.25) is 9.59 Å². The smallest absolute Gasteiger partial charge is 0.287 e. The van der Waals surface area contributed by atoms with Crippen molar-refractivity contribution in [3.8, 4) is 11.1 Å². The highest BCUT2D eigenvalue weighted by atomic mass is 35.5. The van der Waals surface area contributed by atoms with Gasteiger partial charge in [0.2, 0.25) is 5.91 Å². The fourth-order valence-electron chi connectivity index (χ4n) is 4.86. The largest absolute Gasteiger partial charge is 0.450 e. The molecule has 6 rings (SSSR count). The van der Waals surface area contributed by atoms with Gasteiger partial charge >= 0.3 is 0 Å². The van der Waals surface area contributed by atoms with Crippen LogP contribution < -0.4 is 10.6 Å². The number of hydrogen-bond acceptors (Lipinski definition) is 5. The molecule has 2 aromatic carbocycles. The summed E-state index contributed by atoms with van der Waals surface area (Å²) in [5.74, 6) is 0.507. The van der Waals surface area contributed by atoms with Gasteiger partial charge in [-0.1, -0.05) is 30.3 Å². The topological polar surface area (TPSA) is 83.8 Å². The SMILES string of the molecule is COCC(=O)Nc1cccc(-c2cccc3cc(C(=O)N[C@H]4CN5CCC4CC5)oc23)c1.Cl. The van der Waals surface area contributed by atoms with E-state index in [1.54, 1.807) is 6.07 Å². The molecule has 0 radical (unpaired) electrons. The molecule has 8 heteroatoms.